The molecule has 4 rings (SSSR count). The van der Waals surface area contributed by atoms with Crippen molar-refractivity contribution in [2.24, 2.45) is 21.8 Å². The lowest BCUT2D eigenvalue weighted by Crippen LogP contribution is -2.43. The topological polar surface area (TPSA) is 91.1 Å². The number of carboxylic acids is 1. The minimum atomic E-state index is -0.975. The Morgan fingerprint density at radius 2 is 1.93 bits per heavy atom. The number of carboxylic acid groups (broad SMARTS) is 1. The van der Waals surface area contributed by atoms with Gasteiger partial charge < -0.3 is 10.4 Å². The number of thioether (sulfide) groups is 1. The molecule has 0 radical (unpaired) electrons. The number of nitrogens with zero attached hydrogens (tertiary/aromatic N) is 2. The van der Waals surface area contributed by atoms with Gasteiger partial charge in [-0.2, -0.15) is 11.8 Å². The molecule has 2 fully saturated rings. The highest BCUT2D eigenvalue weighted by Crippen LogP contribution is 2.34. The number of aliphatic carboxylic acids is 1. The van der Waals surface area contributed by atoms with E-state index in [4.69, 9.17) is 5.11 Å². The van der Waals surface area contributed by atoms with E-state index in [1.807, 2.05) is 0 Å². The van der Waals surface area contributed by atoms with Crippen LogP contribution in [0.15, 0.2) is 33.7 Å². The fourth-order valence-corrected chi connectivity index (χ4v) is 5.59. The molecule has 0 aromatic heterocycles. The zero-order valence-electron chi connectivity index (χ0n) is 16.3. The molecule has 2 saturated carbocycles. The molecular weight excluding hydrogens is 393 g/mol. The van der Waals surface area contributed by atoms with Gasteiger partial charge in [-0.1, -0.05) is 12.8 Å². The smallest absolute Gasteiger partial charge is 0.306 e. The lowest BCUT2D eigenvalue weighted by atomic mass is 9.89. The second kappa shape index (κ2) is 8.81. The van der Waals surface area contributed by atoms with Gasteiger partial charge in [-0.25, -0.2) is 9.38 Å². The number of hydrogen-bond donors (Lipinski definition) is 2. The lowest BCUT2D eigenvalue weighted by Gasteiger charge is -2.28. The Morgan fingerprint density at radius 3 is 2.62 bits per heavy atom. The highest BCUT2D eigenvalue weighted by molar-refractivity contribution is 8.00. The minimum absolute atomic E-state index is 0.236. The largest absolute Gasteiger partial charge is 0.481 e. The number of carbonyl (C=O) groups excluding carboxylic acids is 1. The van der Waals surface area contributed by atoms with Gasteiger partial charge in [-0.05, 0) is 50.7 Å². The van der Waals surface area contributed by atoms with E-state index < -0.39 is 17.7 Å². The molecule has 1 unspecified atom stereocenters. The highest BCUT2D eigenvalue weighted by atomic mass is 32.2. The van der Waals surface area contributed by atoms with Crippen LogP contribution < -0.4 is 5.32 Å². The number of allylic oxidation sites excluding steroid dienone is 2. The summed E-state index contributed by atoms with van der Waals surface area (Å²) in [5.74, 6) is -1.74. The molecule has 1 aliphatic heterocycles. The van der Waals surface area contributed by atoms with Crippen LogP contribution in [0.3, 0.4) is 0 Å². The van der Waals surface area contributed by atoms with E-state index in [2.05, 4.69) is 15.3 Å². The number of halogens is 1. The predicted octanol–water partition coefficient (Wildman–Crippen LogP) is 3.64. The van der Waals surface area contributed by atoms with Crippen molar-refractivity contribution in [3.05, 3.63) is 23.7 Å². The molecule has 0 aromatic carbocycles. The van der Waals surface area contributed by atoms with E-state index in [0.29, 0.717) is 41.1 Å². The molecular formula is C21H26FN3O3S. The van der Waals surface area contributed by atoms with Gasteiger partial charge in [0.2, 0.25) is 5.91 Å². The SMILES string of the molecule is O=C(O)C1CCC(SCC2=NC3=CC(=NC4CCCC4)C=C(F)C3C(=O)N2)CC1. The van der Waals surface area contributed by atoms with Gasteiger partial charge >= 0.3 is 5.97 Å². The van der Waals surface area contributed by atoms with Gasteiger partial charge in [-0.15, -0.1) is 0 Å². The Kier molecular flexibility index (Phi) is 6.18. The van der Waals surface area contributed by atoms with Gasteiger partial charge in [0, 0.05) is 5.25 Å². The molecule has 0 spiro atoms. The molecule has 156 valence electrons. The van der Waals surface area contributed by atoms with Crippen molar-refractivity contribution < 1.29 is 19.1 Å². The van der Waals surface area contributed by atoms with Crippen LogP contribution in [0.5, 0.6) is 0 Å². The minimum Gasteiger partial charge on any atom is -0.481 e. The van der Waals surface area contributed by atoms with Crippen molar-refractivity contribution in [3.63, 3.8) is 0 Å². The molecule has 0 saturated heterocycles. The van der Waals surface area contributed by atoms with E-state index >= 15 is 0 Å². The van der Waals surface area contributed by atoms with Crippen LogP contribution in [0.25, 0.3) is 0 Å². The van der Waals surface area contributed by atoms with Crippen molar-refractivity contribution in [3.8, 4) is 0 Å². The molecule has 1 atom stereocenters. The number of hydrogen-bond acceptors (Lipinski definition) is 5. The summed E-state index contributed by atoms with van der Waals surface area (Å²) in [7, 11) is 0. The zero-order valence-corrected chi connectivity index (χ0v) is 17.1. The quantitative estimate of drug-likeness (QED) is 0.712. The first-order chi connectivity index (χ1) is 14.0. The molecule has 0 aromatic rings. The Morgan fingerprint density at radius 1 is 1.21 bits per heavy atom. The van der Waals surface area contributed by atoms with Crippen LogP contribution in [0.4, 0.5) is 4.39 Å². The number of amidine groups is 1. The fourth-order valence-electron chi connectivity index (χ4n) is 4.46. The van der Waals surface area contributed by atoms with Gasteiger partial charge in [0.15, 0.2) is 0 Å². The Labute approximate surface area is 173 Å². The summed E-state index contributed by atoms with van der Waals surface area (Å²) in [5.41, 5.74) is 0.994. The normalized spacial score (nSPS) is 31.6. The monoisotopic (exact) mass is 419 g/mol. The fraction of sp³-hybridized carbons (Fsp3) is 0.619. The van der Waals surface area contributed by atoms with E-state index in [1.54, 1.807) is 17.8 Å². The summed E-state index contributed by atoms with van der Waals surface area (Å²) < 4.78 is 14.6. The first-order valence-electron chi connectivity index (χ1n) is 10.4. The number of fused-ring (bicyclic) bond motifs is 1. The molecule has 1 heterocycles. The number of nitrogens with one attached hydrogen (secondary N) is 1. The van der Waals surface area contributed by atoms with Gasteiger partial charge in [0.25, 0.3) is 0 Å². The summed E-state index contributed by atoms with van der Waals surface area (Å²) in [6, 6.07) is 0.236. The summed E-state index contributed by atoms with van der Waals surface area (Å²) in [5, 5.41) is 12.2. The van der Waals surface area contributed by atoms with Crippen molar-refractivity contribution in [1.82, 2.24) is 5.32 Å². The van der Waals surface area contributed by atoms with Crippen LogP contribution in [0, 0.1) is 11.8 Å². The average molecular weight is 420 g/mol. The average Bonchev–Trinajstić information content (AvgIpc) is 3.19. The van der Waals surface area contributed by atoms with E-state index in [-0.39, 0.29) is 17.9 Å². The number of rotatable bonds is 5. The molecule has 29 heavy (non-hydrogen) atoms. The molecule has 6 nitrogen and oxygen atoms in total. The van der Waals surface area contributed by atoms with Crippen molar-refractivity contribution in [2.45, 2.75) is 62.7 Å². The summed E-state index contributed by atoms with van der Waals surface area (Å²) in [4.78, 5) is 32.7. The molecule has 4 aliphatic rings. The van der Waals surface area contributed by atoms with Crippen molar-refractivity contribution in [1.29, 1.82) is 0 Å². The van der Waals surface area contributed by atoms with E-state index in [1.165, 1.54) is 6.08 Å². The van der Waals surface area contributed by atoms with Crippen molar-refractivity contribution in [2.75, 3.05) is 5.75 Å². The summed E-state index contributed by atoms with van der Waals surface area (Å²) in [6.07, 6.45) is 10.6. The van der Waals surface area contributed by atoms with Crippen LogP contribution in [-0.2, 0) is 9.59 Å². The Hall–Kier alpha value is -1.96. The molecule has 0 bridgehead atoms. The standard InChI is InChI=1S/C21H26FN3O3S/c22-16-9-14(23-13-3-1-2-4-13)10-17-19(16)20(26)25-18(24-17)11-29-15-7-5-12(6-8-15)21(27)28/h9-10,12-13,15,19H,1-8,11H2,(H,27,28)(H,24,25,26). The third-order valence-electron chi connectivity index (χ3n) is 6.08. The van der Waals surface area contributed by atoms with Crippen LogP contribution >= 0.6 is 11.8 Å². The molecule has 8 heteroatoms. The third kappa shape index (κ3) is 4.79. The van der Waals surface area contributed by atoms with Crippen molar-refractivity contribution >= 4 is 35.2 Å². The first-order valence-corrected chi connectivity index (χ1v) is 11.4. The van der Waals surface area contributed by atoms with Crippen LogP contribution in [0.1, 0.15) is 51.4 Å². The first kappa shape index (κ1) is 20.3. The van der Waals surface area contributed by atoms with Gasteiger partial charge in [0.1, 0.15) is 17.6 Å². The Balaban J connectivity index is 1.41. The maximum Gasteiger partial charge on any atom is 0.306 e. The predicted molar refractivity (Wildman–Crippen MR) is 112 cm³/mol. The second-order valence-corrected chi connectivity index (χ2v) is 9.48. The zero-order chi connectivity index (χ0) is 20.4. The highest BCUT2D eigenvalue weighted by Gasteiger charge is 2.35. The molecule has 3 aliphatic carbocycles. The molecule has 2 N–H and O–H groups in total. The maximum atomic E-state index is 14.6. The van der Waals surface area contributed by atoms with E-state index in [9.17, 15) is 14.0 Å². The van der Waals surface area contributed by atoms with Crippen LogP contribution in [0.2, 0.25) is 0 Å². The Bertz CT molecular complexity index is 806. The number of amides is 1. The number of carbonyl (C=O) groups is 2. The maximum absolute atomic E-state index is 14.6. The summed E-state index contributed by atoms with van der Waals surface area (Å²) in [6.45, 7) is 0. The second-order valence-electron chi connectivity index (χ2n) is 8.19. The lowest BCUT2D eigenvalue weighted by molar-refractivity contribution is -0.142. The summed E-state index contributed by atoms with van der Waals surface area (Å²) >= 11 is 1.68. The van der Waals surface area contributed by atoms with E-state index in [0.717, 1.165) is 38.5 Å². The third-order valence-corrected chi connectivity index (χ3v) is 7.47. The van der Waals surface area contributed by atoms with Gasteiger partial charge in [-0.3, -0.25) is 14.6 Å². The van der Waals surface area contributed by atoms with Crippen LogP contribution in [-0.4, -0.2) is 45.6 Å². The number of aliphatic imine (C=N–C) groups is 2. The van der Waals surface area contributed by atoms with Gasteiger partial charge in [0.05, 0.1) is 29.1 Å². The molecule has 1 amide bonds.